The number of carbonyl (C=O) groups excluding carboxylic acids is 1. The van der Waals surface area contributed by atoms with Crippen LogP contribution in [-0.4, -0.2) is 58.2 Å². The molecule has 4 rings (SSSR count). The molecular formula is C24H30N4O3S. The fourth-order valence-corrected chi connectivity index (χ4v) is 3.61. The molecule has 0 aliphatic carbocycles. The van der Waals surface area contributed by atoms with Gasteiger partial charge in [0.25, 0.3) is 0 Å². The average molecular weight is 455 g/mol. The van der Waals surface area contributed by atoms with Crippen LogP contribution in [0.25, 0.3) is 22.3 Å². The van der Waals surface area contributed by atoms with Gasteiger partial charge in [-0.2, -0.15) is 13.5 Å². The number of rotatable bonds is 4. The third kappa shape index (κ3) is 5.37. The maximum absolute atomic E-state index is 11.7. The highest BCUT2D eigenvalue weighted by atomic mass is 32.1. The summed E-state index contributed by atoms with van der Waals surface area (Å²) in [7, 11) is 0. The Bertz CT molecular complexity index is 1080. The normalized spacial score (nSPS) is 16.5. The van der Waals surface area contributed by atoms with Crippen LogP contribution in [0.5, 0.6) is 5.88 Å². The van der Waals surface area contributed by atoms with E-state index in [9.17, 15) is 4.79 Å². The first-order valence-electron chi connectivity index (χ1n) is 10.5. The van der Waals surface area contributed by atoms with E-state index in [1.807, 2.05) is 6.07 Å². The van der Waals surface area contributed by atoms with Crippen LogP contribution in [-0.2, 0) is 14.9 Å². The fourth-order valence-electron chi connectivity index (χ4n) is 3.61. The monoisotopic (exact) mass is 454 g/mol. The van der Waals surface area contributed by atoms with Gasteiger partial charge in [0.05, 0.1) is 24.4 Å². The zero-order valence-electron chi connectivity index (χ0n) is 19.0. The summed E-state index contributed by atoms with van der Waals surface area (Å²) in [4.78, 5) is 27.1. The van der Waals surface area contributed by atoms with Gasteiger partial charge in [-0.3, -0.25) is 9.78 Å². The number of morpholine rings is 1. The van der Waals surface area contributed by atoms with Gasteiger partial charge < -0.3 is 14.4 Å². The highest BCUT2D eigenvalue weighted by molar-refractivity contribution is 7.59. The van der Waals surface area contributed by atoms with E-state index in [-0.39, 0.29) is 37.5 Å². The maximum Gasteiger partial charge on any atom is 0.242 e. The Hall–Kier alpha value is -2.71. The first-order chi connectivity index (χ1) is 14.8. The SMILES string of the molecule is CC(=O)N1CCO[C@H](COc2nc(-c3ccc(C(C)(C)C)cc3)cc3nccnc23)C1.S. The van der Waals surface area contributed by atoms with Crippen molar-refractivity contribution >= 4 is 30.4 Å². The number of carbonyl (C=O) groups is 1. The van der Waals surface area contributed by atoms with Crippen LogP contribution >= 0.6 is 13.5 Å². The zero-order chi connectivity index (χ0) is 22.0. The molecule has 0 radical (unpaired) electrons. The molecule has 3 aromatic rings. The topological polar surface area (TPSA) is 77.4 Å². The lowest BCUT2D eigenvalue weighted by atomic mass is 9.86. The van der Waals surface area contributed by atoms with Gasteiger partial charge in [-0.1, -0.05) is 45.0 Å². The number of ether oxygens (including phenoxy) is 2. The highest BCUT2D eigenvalue weighted by Gasteiger charge is 2.23. The number of amides is 1. The molecule has 3 heterocycles. The van der Waals surface area contributed by atoms with Crippen molar-refractivity contribution in [2.24, 2.45) is 0 Å². The molecule has 1 aliphatic heterocycles. The van der Waals surface area contributed by atoms with E-state index in [0.717, 1.165) is 16.8 Å². The quantitative estimate of drug-likeness (QED) is 0.598. The molecule has 0 bridgehead atoms. The van der Waals surface area contributed by atoms with Crippen molar-refractivity contribution < 1.29 is 14.3 Å². The zero-order valence-corrected chi connectivity index (χ0v) is 20.0. The van der Waals surface area contributed by atoms with Crippen LogP contribution in [0.2, 0.25) is 0 Å². The highest BCUT2D eigenvalue weighted by Crippen LogP contribution is 2.29. The second kappa shape index (κ2) is 9.83. The maximum atomic E-state index is 11.7. The molecule has 1 amide bonds. The molecule has 8 heteroatoms. The van der Waals surface area contributed by atoms with Crippen molar-refractivity contribution in [1.29, 1.82) is 0 Å². The van der Waals surface area contributed by atoms with Crippen LogP contribution in [0.15, 0.2) is 42.7 Å². The van der Waals surface area contributed by atoms with Gasteiger partial charge in [-0.05, 0) is 17.0 Å². The molecule has 1 aliphatic rings. The summed E-state index contributed by atoms with van der Waals surface area (Å²) in [6.45, 7) is 10.1. The number of fused-ring (bicyclic) bond motifs is 1. The van der Waals surface area contributed by atoms with Gasteiger partial charge >= 0.3 is 0 Å². The number of hydrogen-bond acceptors (Lipinski definition) is 6. The van der Waals surface area contributed by atoms with Gasteiger partial charge in [0.2, 0.25) is 11.8 Å². The third-order valence-electron chi connectivity index (χ3n) is 5.46. The van der Waals surface area contributed by atoms with Gasteiger partial charge in [0, 0.05) is 31.4 Å². The molecule has 1 atom stereocenters. The van der Waals surface area contributed by atoms with Gasteiger partial charge in [0.1, 0.15) is 12.7 Å². The first-order valence-corrected chi connectivity index (χ1v) is 10.5. The fraction of sp³-hybridized carbons (Fsp3) is 0.417. The molecule has 0 unspecified atom stereocenters. The predicted octanol–water partition coefficient (Wildman–Crippen LogP) is 3.73. The summed E-state index contributed by atoms with van der Waals surface area (Å²) in [6.07, 6.45) is 3.08. The molecule has 1 aromatic carbocycles. The van der Waals surface area contributed by atoms with Crippen LogP contribution in [0.3, 0.4) is 0 Å². The Balaban J connectivity index is 0.00000289. The molecule has 0 spiro atoms. The lowest BCUT2D eigenvalue weighted by molar-refractivity contribution is -0.137. The summed E-state index contributed by atoms with van der Waals surface area (Å²) >= 11 is 0. The van der Waals surface area contributed by atoms with Gasteiger partial charge in [-0.15, -0.1) is 0 Å². The van der Waals surface area contributed by atoms with E-state index in [0.29, 0.717) is 31.1 Å². The molecule has 2 aromatic heterocycles. The predicted molar refractivity (Wildman–Crippen MR) is 129 cm³/mol. The molecule has 7 nitrogen and oxygen atoms in total. The van der Waals surface area contributed by atoms with Crippen molar-refractivity contribution in [3.05, 3.63) is 48.3 Å². The molecule has 0 N–H and O–H groups in total. The molecular weight excluding hydrogens is 424 g/mol. The molecule has 170 valence electrons. The Morgan fingerprint density at radius 3 is 2.59 bits per heavy atom. The minimum atomic E-state index is -0.208. The van der Waals surface area contributed by atoms with E-state index < -0.39 is 0 Å². The van der Waals surface area contributed by atoms with Crippen molar-refractivity contribution in [3.63, 3.8) is 0 Å². The van der Waals surface area contributed by atoms with Crippen molar-refractivity contribution in [3.8, 4) is 17.1 Å². The Morgan fingerprint density at radius 1 is 1.19 bits per heavy atom. The molecule has 32 heavy (non-hydrogen) atoms. The minimum absolute atomic E-state index is 0. The van der Waals surface area contributed by atoms with Gasteiger partial charge in [-0.25, -0.2) is 9.97 Å². The second-order valence-corrected chi connectivity index (χ2v) is 8.83. The van der Waals surface area contributed by atoms with E-state index >= 15 is 0 Å². The number of nitrogens with zero attached hydrogens (tertiary/aromatic N) is 4. The van der Waals surface area contributed by atoms with Crippen LogP contribution in [0.1, 0.15) is 33.3 Å². The summed E-state index contributed by atoms with van der Waals surface area (Å²) in [5.74, 6) is 0.465. The molecule has 0 saturated carbocycles. The second-order valence-electron chi connectivity index (χ2n) is 8.83. The van der Waals surface area contributed by atoms with Crippen LogP contribution in [0.4, 0.5) is 0 Å². The van der Waals surface area contributed by atoms with E-state index in [1.165, 1.54) is 5.56 Å². The smallest absolute Gasteiger partial charge is 0.242 e. The van der Waals surface area contributed by atoms with E-state index in [2.05, 4.69) is 55.0 Å². The summed E-state index contributed by atoms with van der Waals surface area (Å²) in [5.41, 5.74) is 4.44. The largest absolute Gasteiger partial charge is 0.473 e. The summed E-state index contributed by atoms with van der Waals surface area (Å²) in [6, 6.07) is 10.3. The van der Waals surface area contributed by atoms with Crippen molar-refractivity contribution in [1.82, 2.24) is 19.9 Å². The molecule has 1 saturated heterocycles. The Morgan fingerprint density at radius 2 is 1.91 bits per heavy atom. The average Bonchev–Trinajstić information content (AvgIpc) is 2.77. The molecule has 1 fully saturated rings. The van der Waals surface area contributed by atoms with Crippen molar-refractivity contribution in [2.75, 3.05) is 26.3 Å². The number of pyridine rings is 1. The number of aromatic nitrogens is 3. The first kappa shape index (κ1) is 23.9. The minimum Gasteiger partial charge on any atom is -0.473 e. The van der Waals surface area contributed by atoms with E-state index in [1.54, 1.807) is 24.2 Å². The number of hydrogen-bond donors (Lipinski definition) is 0. The van der Waals surface area contributed by atoms with E-state index in [4.69, 9.17) is 14.5 Å². The lowest BCUT2D eigenvalue weighted by Crippen LogP contribution is -2.46. The summed E-state index contributed by atoms with van der Waals surface area (Å²) in [5, 5.41) is 0. The third-order valence-corrected chi connectivity index (χ3v) is 5.46. The summed E-state index contributed by atoms with van der Waals surface area (Å²) < 4.78 is 11.8. The number of benzene rings is 1. The van der Waals surface area contributed by atoms with Crippen LogP contribution < -0.4 is 4.74 Å². The Kier molecular flexibility index (Phi) is 7.36. The van der Waals surface area contributed by atoms with Crippen molar-refractivity contribution in [2.45, 2.75) is 39.2 Å². The lowest BCUT2D eigenvalue weighted by Gasteiger charge is -2.32. The standard InChI is InChI=1S/C24H28N4O3.H2S/c1-16(29)28-11-12-30-19(14-28)15-31-23-22-21(25-9-10-26-22)13-20(27-23)17-5-7-18(8-6-17)24(2,3)4;/h5-10,13,19H,11-12,14-15H2,1-4H3;1H2/t19-;/m0./s1. The van der Waals surface area contributed by atoms with Crippen LogP contribution in [0, 0.1) is 0 Å². The van der Waals surface area contributed by atoms with Gasteiger partial charge in [0.15, 0.2) is 5.52 Å². The Labute approximate surface area is 195 Å².